The summed E-state index contributed by atoms with van der Waals surface area (Å²) in [6.45, 7) is 4.11. The maximum Gasteiger partial charge on any atom is 0.420 e. The van der Waals surface area contributed by atoms with E-state index < -0.39 is 0 Å². The first-order chi connectivity index (χ1) is 13.0. The number of aryl methyl sites for hydroxylation is 2. The van der Waals surface area contributed by atoms with Crippen LogP contribution in [0.1, 0.15) is 43.2 Å². The molecule has 4 heteroatoms. The first-order valence-electron chi connectivity index (χ1n) is 9.72. The smallest absolute Gasteiger partial charge is 0.410 e. The number of hydrogen-bond donors (Lipinski definition) is 0. The number of nitrogens with zero attached hydrogens (tertiary/aromatic N) is 1. The Bertz CT molecular complexity index is 782. The molecule has 0 saturated heterocycles. The highest BCUT2D eigenvalue weighted by atomic mass is 32.2. The lowest BCUT2D eigenvalue weighted by molar-refractivity contribution is 0.202. The van der Waals surface area contributed by atoms with E-state index in [9.17, 15) is 4.79 Å². The van der Waals surface area contributed by atoms with Gasteiger partial charge in [0, 0.05) is 34.3 Å². The van der Waals surface area contributed by atoms with Gasteiger partial charge in [0.1, 0.15) is 18.3 Å². The minimum atomic E-state index is -0.268. The van der Waals surface area contributed by atoms with E-state index in [-0.39, 0.29) is 23.0 Å². The number of carbonyl (C=O) groups is 1. The molecule has 1 saturated carbocycles. The summed E-state index contributed by atoms with van der Waals surface area (Å²) in [7, 11) is 0.185. The fourth-order valence-electron chi connectivity index (χ4n) is 3.85. The van der Waals surface area contributed by atoms with Gasteiger partial charge in [-0.25, -0.2) is 4.79 Å². The van der Waals surface area contributed by atoms with E-state index in [0.29, 0.717) is 5.75 Å². The van der Waals surface area contributed by atoms with Crippen LogP contribution in [0.3, 0.4) is 0 Å². The number of hydrogen-bond acceptors (Lipinski definition) is 2. The van der Waals surface area contributed by atoms with Crippen LogP contribution >= 0.6 is 0 Å². The average Bonchev–Trinajstić information content (AvgIpc) is 2.66. The molecule has 1 amide bonds. The number of rotatable bonds is 4. The van der Waals surface area contributed by atoms with Gasteiger partial charge in [0.15, 0.2) is 4.90 Å². The third-order valence-corrected chi connectivity index (χ3v) is 6.60. The first-order valence-corrected chi connectivity index (χ1v) is 11.8. The Labute approximate surface area is 166 Å². The van der Waals surface area contributed by atoms with Gasteiger partial charge in [-0.1, -0.05) is 37.5 Å². The Morgan fingerprint density at radius 2 is 1.67 bits per heavy atom. The van der Waals surface area contributed by atoms with Crippen molar-refractivity contribution >= 4 is 22.7 Å². The molecule has 0 aromatic heterocycles. The summed E-state index contributed by atoms with van der Waals surface area (Å²) >= 11 is 0. The van der Waals surface area contributed by atoms with Crippen molar-refractivity contribution < 1.29 is 9.53 Å². The molecular weight excluding hydrogens is 354 g/mol. The molecule has 0 unspecified atom stereocenters. The van der Waals surface area contributed by atoms with Crippen molar-refractivity contribution in [3.8, 4) is 5.75 Å². The van der Waals surface area contributed by atoms with Gasteiger partial charge in [-0.3, -0.25) is 4.90 Å². The highest BCUT2D eigenvalue weighted by molar-refractivity contribution is 7.95. The van der Waals surface area contributed by atoms with E-state index in [1.807, 2.05) is 48.2 Å². The summed E-state index contributed by atoms with van der Waals surface area (Å²) < 4.78 is 5.92. The molecule has 2 aromatic carbocycles. The van der Waals surface area contributed by atoms with E-state index in [4.69, 9.17) is 4.74 Å². The Balaban J connectivity index is 1.88. The highest BCUT2D eigenvalue weighted by Crippen LogP contribution is 2.30. The lowest BCUT2D eigenvalue weighted by Crippen LogP contribution is -2.43. The predicted octanol–water partition coefficient (Wildman–Crippen LogP) is 5.88. The molecule has 0 aliphatic heterocycles. The van der Waals surface area contributed by atoms with Gasteiger partial charge >= 0.3 is 6.09 Å². The predicted molar refractivity (Wildman–Crippen MR) is 115 cm³/mol. The van der Waals surface area contributed by atoms with Crippen molar-refractivity contribution in [3.63, 3.8) is 0 Å². The Morgan fingerprint density at radius 1 is 1.00 bits per heavy atom. The molecule has 0 spiro atoms. The second kappa shape index (κ2) is 8.83. The molecule has 1 aliphatic rings. The second-order valence-electron chi connectivity index (χ2n) is 7.57. The molecule has 2 aromatic rings. The van der Waals surface area contributed by atoms with Crippen LogP contribution in [-0.4, -0.2) is 24.6 Å². The Morgan fingerprint density at radius 3 is 2.30 bits per heavy atom. The number of ether oxygens (including phenoxy) is 1. The van der Waals surface area contributed by atoms with Gasteiger partial charge < -0.3 is 4.74 Å². The third kappa shape index (κ3) is 4.67. The van der Waals surface area contributed by atoms with E-state index in [1.54, 1.807) is 0 Å². The van der Waals surface area contributed by atoms with Crippen LogP contribution in [0.5, 0.6) is 5.75 Å². The first kappa shape index (κ1) is 19.8. The Kier molecular flexibility index (Phi) is 6.48. The zero-order chi connectivity index (χ0) is 19.4. The van der Waals surface area contributed by atoms with Gasteiger partial charge in [0.05, 0.1) is 0 Å². The molecule has 27 heavy (non-hydrogen) atoms. The van der Waals surface area contributed by atoms with Crippen molar-refractivity contribution in [2.45, 2.75) is 56.9 Å². The summed E-state index contributed by atoms with van der Waals surface area (Å²) in [4.78, 5) is 16.4. The molecule has 144 valence electrons. The fourth-order valence-corrected chi connectivity index (χ4v) is 4.96. The zero-order valence-electron chi connectivity index (χ0n) is 16.8. The topological polar surface area (TPSA) is 29.5 Å². The normalized spacial score (nSPS) is 15.0. The molecule has 0 bridgehead atoms. The highest BCUT2D eigenvalue weighted by Gasteiger charge is 2.29. The molecule has 0 radical (unpaired) electrons. The summed E-state index contributed by atoms with van der Waals surface area (Å²) in [6, 6.07) is 14.3. The number of benzene rings is 2. The molecule has 0 N–H and O–H groups in total. The van der Waals surface area contributed by atoms with Crippen LogP contribution in [0.15, 0.2) is 47.4 Å². The number of carbonyl (C=O) groups excluding carboxylic acids is 1. The molecule has 3 nitrogen and oxygen atoms in total. The minimum absolute atomic E-state index is 0.185. The van der Waals surface area contributed by atoms with E-state index in [1.165, 1.54) is 29.7 Å². The minimum Gasteiger partial charge on any atom is -0.410 e. The van der Waals surface area contributed by atoms with Gasteiger partial charge in [-0.05, 0) is 50.5 Å². The quantitative estimate of drug-likeness (QED) is 0.616. The molecule has 0 heterocycles. The van der Waals surface area contributed by atoms with Crippen LogP contribution < -0.4 is 9.64 Å². The van der Waals surface area contributed by atoms with Gasteiger partial charge in [0.2, 0.25) is 0 Å². The summed E-state index contributed by atoms with van der Waals surface area (Å²) in [5.41, 5.74) is 3.12. The van der Waals surface area contributed by atoms with E-state index >= 15 is 0 Å². The van der Waals surface area contributed by atoms with Crippen molar-refractivity contribution in [2.24, 2.45) is 0 Å². The van der Waals surface area contributed by atoms with Crippen LogP contribution in [0, 0.1) is 13.8 Å². The van der Waals surface area contributed by atoms with E-state index in [2.05, 4.69) is 25.5 Å². The molecular formula is C23H30NO2S+. The summed E-state index contributed by atoms with van der Waals surface area (Å²) in [5, 5.41) is 0. The van der Waals surface area contributed by atoms with Gasteiger partial charge in [0.25, 0.3) is 0 Å². The van der Waals surface area contributed by atoms with Crippen molar-refractivity contribution in [1.82, 2.24) is 0 Å². The molecule has 3 rings (SSSR count). The number of para-hydroxylation sites is 1. The average molecular weight is 385 g/mol. The Hall–Kier alpha value is -1.94. The maximum atomic E-state index is 13.2. The molecule has 1 fully saturated rings. The third-order valence-electron chi connectivity index (χ3n) is 5.28. The van der Waals surface area contributed by atoms with Crippen LogP contribution in [0.25, 0.3) is 0 Å². The monoisotopic (exact) mass is 384 g/mol. The maximum absolute atomic E-state index is 13.2. The molecule has 0 atom stereocenters. The van der Waals surface area contributed by atoms with Gasteiger partial charge in [-0.2, -0.15) is 0 Å². The largest absolute Gasteiger partial charge is 0.420 e. The van der Waals surface area contributed by atoms with Crippen LogP contribution in [-0.2, 0) is 10.9 Å². The van der Waals surface area contributed by atoms with Crippen molar-refractivity contribution in [1.29, 1.82) is 0 Å². The zero-order valence-corrected chi connectivity index (χ0v) is 17.6. The lowest BCUT2D eigenvalue weighted by atomic mass is 9.94. The number of amides is 1. The number of anilines is 1. The summed E-state index contributed by atoms with van der Waals surface area (Å²) in [6.07, 6.45) is 9.83. The van der Waals surface area contributed by atoms with E-state index in [0.717, 1.165) is 24.1 Å². The van der Waals surface area contributed by atoms with Gasteiger partial charge in [-0.15, -0.1) is 0 Å². The fraction of sp³-hybridized carbons (Fsp3) is 0.435. The van der Waals surface area contributed by atoms with Crippen LogP contribution in [0.2, 0.25) is 0 Å². The van der Waals surface area contributed by atoms with Crippen molar-refractivity contribution in [3.05, 3.63) is 53.6 Å². The lowest BCUT2D eigenvalue weighted by Gasteiger charge is -2.33. The standard InChI is InChI=1S/C23H30NO2S/c1-17-16-22(27(3)4)18(2)15-21(17)26-23(25)24(19-11-7-5-8-12-19)20-13-9-6-10-14-20/h5,7-8,11-12,15-16,20H,6,9-10,13-14H2,1-4H3/q+1. The second-order valence-corrected chi connectivity index (χ2v) is 9.64. The van der Waals surface area contributed by atoms with Crippen molar-refractivity contribution in [2.75, 3.05) is 17.4 Å². The molecule has 1 aliphatic carbocycles. The summed E-state index contributed by atoms with van der Waals surface area (Å²) in [5.74, 6) is 0.670. The SMILES string of the molecule is Cc1cc([S+](C)C)c(C)cc1OC(=O)N(c1ccccc1)C1CCCCC1. The van der Waals surface area contributed by atoms with Crippen LogP contribution in [0.4, 0.5) is 10.5 Å².